The molecule has 3 heteroatoms. The van der Waals surface area contributed by atoms with Crippen molar-refractivity contribution in [1.29, 1.82) is 0 Å². The molecule has 0 aliphatic heterocycles. The molecule has 174 valence electrons. The number of rotatable bonds is 14. The van der Waals surface area contributed by atoms with Gasteiger partial charge in [-0.05, 0) is 89.4 Å². The molecule has 1 amide bonds. The Morgan fingerprint density at radius 3 is 1.83 bits per heavy atom. The number of hydrogen-bond donors (Lipinski definition) is 1. The smallest absolute Gasteiger partial charge is 0.269 e. The Labute approximate surface area is 187 Å². The highest BCUT2D eigenvalue weighted by atomic mass is 16.2. The molecular weight excluding hydrogens is 368 g/mol. The van der Waals surface area contributed by atoms with E-state index in [9.17, 15) is 4.79 Å². The highest BCUT2D eigenvalue weighted by Gasteiger charge is 2.56. The summed E-state index contributed by atoms with van der Waals surface area (Å²) in [5, 5.41) is 0. The molecule has 0 aromatic heterocycles. The van der Waals surface area contributed by atoms with Crippen LogP contribution in [-0.4, -0.2) is 29.6 Å². The average Bonchev–Trinajstić information content (AvgIpc) is 2.73. The van der Waals surface area contributed by atoms with Gasteiger partial charge in [0.25, 0.3) is 5.91 Å². The van der Waals surface area contributed by atoms with Crippen LogP contribution in [0.5, 0.6) is 0 Å². The minimum Gasteiger partial charge on any atom is -0.269 e. The molecular formula is C27H51N2O+. The van der Waals surface area contributed by atoms with Crippen LogP contribution >= 0.6 is 0 Å². The van der Waals surface area contributed by atoms with E-state index in [0.29, 0.717) is 11.9 Å². The average molecular weight is 420 g/mol. The van der Waals surface area contributed by atoms with Crippen LogP contribution in [0.2, 0.25) is 0 Å². The van der Waals surface area contributed by atoms with E-state index in [1.165, 1.54) is 89.9 Å². The Hall–Kier alpha value is -0.570. The predicted molar refractivity (Wildman–Crippen MR) is 127 cm³/mol. The summed E-state index contributed by atoms with van der Waals surface area (Å²) in [6.45, 7) is 11.3. The number of quaternary nitrogens is 1. The topological polar surface area (TPSA) is 29.1 Å². The summed E-state index contributed by atoms with van der Waals surface area (Å²) in [7, 11) is 0. The summed E-state index contributed by atoms with van der Waals surface area (Å²) in [5.41, 5.74) is 3.68. The van der Waals surface area contributed by atoms with Crippen molar-refractivity contribution in [3.63, 3.8) is 0 Å². The fraction of sp³-hybridized carbons (Fsp3) is 0.963. The predicted octanol–water partition coefficient (Wildman–Crippen LogP) is 7.01. The number of carbonyl (C=O) groups is 1. The first kappa shape index (κ1) is 24.1. The van der Waals surface area contributed by atoms with Gasteiger partial charge in [-0.3, -0.25) is 4.79 Å². The standard InChI is InChI=1S/C27H50N2O/c1-5-8-9-10-11-12-13-14-15-29(7-3,22(4)6-2)28-26(30)27-19-23-16-24(20-27)18-25(17-23)21-27/h22-25H,5-21H2,1-4H3/p+1. The maximum absolute atomic E-state index is 13.8. The zero-order chi connectivity index (χ0) is 21.6. The first-order valence-electron chi connectivity index (χ1n) is 13.7. The molecule has 0 saturated heterocycles. The van der Waals surface area contributed by atoms with E-state index in [0.717, 1.165) is 41.9 Å². The molecule has 4 saturated carbocycles. The third-order valence-corrected chi connectivity index (χ3v) is 9.25. The lowest BCUT2D eigenvalue weighted by Gasteiger charge is -2.56. The fourth-order valence-corrected chi connectivity index (χ4v) is 7.52. The number of amides is 1. The van der Waals surface area contributed by atoms with Crippen molar-refractivity contribution >= 4 is 5.91 Å². The van der Waals surface area contributed by atoms with Crippen LogP contribution in [0.25, 0.3) is 0 Å². The third kappa shape index (κ3) is 5.43. The molecule has 1 N–H and O–H groups in total. The number of nitrogens with zero attached hydrogens (tertiary/aromatic N) is 1. The minimum absolute atomic E-state index is 0.0276. The molecule has 2 unspecified atom stereocenters. The van der Waals surface area contributed by atoms with E-state index in [1.807, 2.05) is 0 Å². The molecule has 0 aromatic rings. The lowest BCUT2D eigenvalue weighted by atomic mass is 9.49. The summed E-state index contributed by atoms with van der Waals surface area (Å²) in [5.74, 6) is 2.92. The van der Waals surface area contributed by atoms with Crippen molar-refractivity contribution in [3.05, 3.63) is 0 Å². The highest BCUT2D eigenvalue weighted by Crippen LogP contribution is 2.60. The van der Waals surface area contributed by atoms with Crippen LogP contribution in [0.3, 0.4) is 0 Å². The van der Waals surface area contributed by atoms with Gasteiger partial charge in [0.1, 0.15) is 12.6 Å². The van der Waals surface area contributed by atoms with Gasteiger partial charge >= 0.3 is 0 Å². The molecule has 4 aliphatic carbocycles. The molecule has 4 aliphatic rings. The first-order chi connectivity index (χ1) is 14.5. The number of unbranched alkanes of at least 4 members (excludes halogenated alkanes) is 7. The van der Waals surface area contributed by atoms with Crippen LogP contribution in [0.1, 0.15) is 124 Å². The van der Waals surface area contributed by atoms with Crippen LogP contribution in [0.4, 0.5) is 0 Å². The second kappa shape index (κ2) is 10.8. The van der Waals surface area contributed by atoms with Gasteiger partial charge in [-0.25, -0.2) is 10.0 Å². The molecule has 4 fully saturated rings. The first-order valence-corrected chi connectivity index (χ1v) is 13.7. The Morgan fingerprint density at radius 1 is 0.867 bits per heavy atom. The van der Waals surface area contributed by atoms with Crippen molar-refractivity contribution in [2.75, 3.05) is 13.1 Å². The molecule has 30 heavy (non-hydrogen) atoms. The Kier molecular flexibility index (Phi) is 8.70. The second-order valence-corrected chi connectivity index (χ2v) is 11.4. The van der Waals surface area contributed by atoms with Gasteiger partial charge in [0, 0.05) is 0 Å². The summed E-state index contributed by atoms with van der Waals surface area (Å²) in [6, 6.07) is 0.498. The van der Waals surface area contributed by atoms with Gasteiger partial charge in [0.05, 0.1) is 12.0 Å². The van der Waals surface area contributed by atoms with E-state index in [4.69, 9.17) is 0 Å². The Balaban J connectivity index is 1.56. The Morgan fingerprint density at radius 2 is 1.37 bits per heavy atom. The van der Waals surface area contributed by atoms with Crippen molar-refractivity contribution in [2.45, 2.75) is 130 Å². The van der Waals surface area contributed by atoms with E-state index < -0.39 is 0 Å². The molecule has 3 nitrogen and oxygen atoms in total. The SMILES string of the molecule is CCCCCCCCCC[N+](CC)(NC(=O)C12CC3CC(CC(C3)C1)C2)C(C)CC. The zero-order valence-electron chi connectivity index (χ0n) is 20.7. The molecule has 4 rings (SSSR count). The van der Waals surface area contributed by atoms with Crippen molar-refractivity contribution < 1.29 is 9.39 Å². The fourth-order valence-electron chi connectivity index (χ4n) is 7.52. The third-order valence-electron chi connectivity index (χ3n) is 9.25. The van der Waals surface area contributed by atoms with Gasteiger partial charge in [-0.1, -0.05) is 52.4 Å². The lowest BCUT2D eigenvalue weighted by molar-refractivity contribution is -0.981. The molecule has 0 aromatic carbocycles. The maximum Gasteiger partial charge on any atom is 0.271 e. The van der Waals surface area contributed by atoms with Gasteiger partial charge in [-0.2, -0.15) is 0 Å². The van der Waals surface area contributed by atoms with Crippen LogP contribution in [-0.2, 0) is 4.79 Å². The summed E-state index contributed by atoms with van der Waals surface area (Å²) in [6.07, 6.45) is 19.7. The van der Waals surface area contributed by atoms with Gasteiger partial charge in [0.2, 0.25) is 0 Å². The minimum atomic E-state index is -0.0276. The highest BCUT2D eigenvalue weighted by molar-refractivity contribution is 5.82. The number of nitrogens with one attached hydrogen (secondary N) is 1. The summed E-state index contributed by atoms with van der Waals surface area (Å²) < 4.78 is 0.812. The van der Waals surface area contributed by atoms with Crippen LogP contribution in [0, 0.1) is 23.2 Å². The molecule has 0 radical (unpaired) electrons. The second-order valence-electron chi connectivity index (χ2n) is 11.4. The summed E-state index contributed by atoms with van der Waals surface area (Å²) in [4.78, 5) is 13.8. The van der Waals surface area contributed by atoms with Gasteiger partial charge < -0.3 is 0 Å². The Bertz CT molecular complexity index is 510. The molecule has 2 atom stereocenters. The maximum atomic E-state index is 13.8. The van der Waals surface area contributed by atoms with Crippen LogP contribution < -0.4 is 5.43 Å². The monoisotopic (exact) mass is 419 g/mol. The van der Waals surface area contributed by atoms with Gasteiger partial charge in [-0.15, -0.1) is 0 Å². The number of carbonyl (C=O) groups excluding carboxylic acids is 1. The lowest BCUT2D eigenvalue weighted by Crippen LogP contribution is -2.68. The van der Waals surface area contributed by atoms with Crippen molar-refractivity contribution in [2.24, 2.45) is 23.2 Å². The summed E-state index contributed by atoms with van der Waals surface area (Å²) >= 11 is 0. The van der Waals surface area contributed by atoms with E-state index in [2.05, 4.69) is 33.1 Å². The molecule has 4 bridgehead atoms. The zero-order valence-corrected chi connectivity index (χ0v) is 20.7. The van der Waals surface area contributed by atoms with E-state index in [1.54, 1.807) is 0 Å². The van der Waals surface area contributed by atoms with Gasteiger partial charge in [0.15, 0.2) is 0 Å². The van der Waals surface area contributed by atoms with Crippen molar-refractivity contribution in [3.8, 4) is 0 Å². The largest absolute Gasteiger partial charge is 0.271 e. The van der Waals surface area contributed by atoms with Crippen molar-refractivity contribution in [1.82, 2.24) is 5.43 Å². The van der Waals surface area contributed by atoms with E-state index in [-0.39, 0.29) is 5.41 Å². The quantitative estimate of drug-likeness (QED) is 0.183. The molecule has 0 heterocycles. The number of hydrogen-bond acceptors (Lipinski definition) is 1. The normalized spacial score (nSPS) is 32.7. The molecule has 0 spiro atoms. The van der Waals surface area contributed by atoms with Crippen LogP contribution in [0.15, 0.2) is 0 Å². The van der Waals surface area contributed by atoms with E-state index >= 15 is 0 Å².